The van der Waals surface area contributed by atoms with Gasteiger partial charge in [0, 0.05) is 42.6 Å². The van der Waals surface area contributed by atoms with Gasteiger partial charge in [-0.05, 0) is 64.2 Å². The molecule has 0 unspecified atom stereocenters. The van der Waals surface area contributed by atoms with Crippen molar-refractivity contribution in [1.82, 2.24) is 19.6 Å². The highest BCUT2D eigenvalue weighted by Gasteiger charge is 2.26. The Kier molecular flexibility index (Phi) is 6.91. The van der Waals surface area contributed by atoms with Crippen LogP contribution in [0.1, 0.15) is 58.1 Å². The van der Waals surface area contributed by atoms with Crippen molar-refractivity contribution < 1.29 is 14.6 Å². The van der Waals surface area contributed by atoms with Gasteiger partial charge in [0.2, 0.25) is 11.8 Å². The van der Waals surface area contributed by atoms with Crippen LogP contribution in [0.15, 0.2) is 30.6 Å². The standard InChI is InChI=1S/C24H33N5O3/c1-15(2)32-23-11-18(9-10-25-23)20-12-21(17-5-7-19(30)8-6-17)29-22(20)13-26-24(28-29)27-16(3)14-31-4/h9-13,15-17,19,30H,5-8,14H2,1-4H3,(H,27,28)/t16-,17-,19-/m0/s1. The fourth-order valence-electron chi connectivity index (χ4n) is 4.37. The van der Waals surface area contributed by atoms with Crippen LogP contribution in [0.25, 0.3) is 16.6 Å². The Labute approximate surface area is 189 Å². The van der Waals surface area contributed by atoms with E-state index in [9.17, 15) is 5.11 Å². The lowest BCUT2D eigenvalue weighted by Crippen LogP contribution is -2.23. The summed E-state index contributed by atoms with van der Waals surface area (Å²) in [5.74, 6) is 1.51. The molecule has 3 aromatic rings. The molecule has 1 saturated carbocycles. The molecule has 1 atom stereocenters. The van der Waals surface area contributed by atoms with E-state index in [1.165, 1.54) is 0 Å². The number of hydrogen-bond donors (Lipinski definition) is 2. The normalized spacial score (nSPS) is 19.9. The summed E-state index contributed by atoms with van der Waals surface area (Å²) in [7, 11) is 1.68. The Morgan fingerprint density at radius 1 is 1.16 bits per heavy atom. The van der Waals surface area contributed by atoms with Crippen molar-refractivity contribution in [2.24, 2.45) is 0 Å². The molecule has 1 aliphatic rings. The van der Waals surface area contributed by atoms with Crippen LogP contribution < -0.4 is 10.1 Å². The van der Waals surface area contributed by atoms with E-state index >= 15 is 0 Å². The topological polar surface area (TPSA) is 93.8 Å². The molecule has 3 aromatic heterocycles. The molecule has 1 aliphatic carbocycles. The number of aliphatic hydroxyl groups excluding tert-OH is 1. The molecular weight excluding hydrogens is 406 g/mol. The van der Waals surface area contributed by atoms with Gasteiger partial charge in [-0.15, -0.1) is 5.10 Å². The molecule has 0 amide bonds. The third kappa shape index (κ3) is 5.02. The van der Waals surface area contributed by atoms with Crippen molar-refractivity contribution in [2.75, 3.05) is 19.0 Å². The van der Waals surface area contributed by atoms with Crippen LogP contribution in [0.3, 0.4) is 0 Å². The number of pyridine rings is 1. The molecule has 172 valence electrons. The number of anilines is 1. The fraction of sp³-hybridized carbons (Fsp3) is 0.542. The van der Waals surface area contributed by atoms with Crippen molar-refractivity contribution in [3.63, 3.8) is 0 Å². The molecule has 32 heavy (non-hydrogen) atoms. The second kappa shape index (κ2) is 9.83. The van der Waals surface area contributed by atoms with Crippen molar-refractivity contribution in [2.45, 2.75) is 70.6 Å². The van der Waals surface area contributed by atoms with Crippen molar-refractivity contribution in [3.05, 3.63) is 36.3 Å². The predicted molar refractivity (Wildman–Crippen MR) is 124 cm³/mol. The molecular formula is C24H33N5O3. The smallest absolute Gasteiger partial charge is 0.241 e. The number of fused-ring (bicyclic) bond motifs is 1. The number of methoxy groups -OCH3 is 1. The highest BCUT2D eigenvalue weighted by molar-refractivity contribution is 5.81. The summed E-state index contributed by atoms with van der Waals surface area (Å²) in [6, 6.07) is 6.26. The molecule has 0 spiro atoms. The van der Waals surface area contributed by atoms with E-state index < -0.39 is 0 Å². The Morgan fingerprint density at radius 3 is 2.66 bits per heavy atom. The van der Waals surface area contributed by atoms with E-state index in [0.29, 0.717) is 24.4 Å². The van der Waals surface area contributed by atoms with Gasteiger partial charge in [-0.1, -0.05) is 0 Å². The van der Waals surface area contributed by atoms with Gasteiger partial charge in [0.05, 0.1) is 30.5 Å². The Morgan fingerprint density at radius 2 is 1.94 bits per heavy atom. The van der Waals surface area contributed by atoms with Gasteiger partial charge in [-0.25, -0.2) is 14.5 Å². The minimum atomic E-state index is -0.199. The molecule has 0 bridgehead atoms. The lowest BCUT2D eigenvalue weighted by molar-refractivity contribution is 0.121. The minimum Gasteiger partial charge on any atom is -0.475 e. The number of aliphatic hydroxyl groups is 1. The summed E-state index contributed by atoms with van der Waals surface area (Å²) < 4.78 is 13.0. The van der Waals surface area contributed by atoms with E-state index in [2.05, 4.69) is 21.4 Å². The first-order valence-electron chi connectivity index (χ1n) is 11.4. The summed E-state index contributed by atoms with van der Waals surface area (Å²) >= 11 is 0. The van der Waals surface area contributed by atoms with Crippen molar-refractivity contribution in [1.29, 1.82) is 0 Å². The summed E-state index contributed by atoms with van der Waals surface area (Å²) in [5.41, 5.74) is 4.17. The summed E-state index contributed by atoms with van der Waals surface area (Å²) in [5, 5.41) is 18.1. The molecule has 3 heterocycles. The van der Waals surface area contributed by atoms with Crippen molar-refractivity contribution in [3.8, 4) is 17.0 Å². The van der Waals surface area contributed by atoms with Gasteiger partial charge in [0.15, 0.2) is 0 Å². The first-order chi connectivity index (χ1) is 15.4. The van der Waals surface area contributed by atoms with Crippen molar-refractivity contribution >= 4 is 11.5 Å². The van der Waals surface area contributed by atoms with Crippen LogP contribution in [0.5, 0.6) is 5.88 Å². The Hall–Kier alpha value is -2.71. The monoisotopic (exact) mass is 439 g/mol. The van der Waals surface area contributed by atoms with Gasteiger partial charge >= 0.3 is 0 Å². The van der Waals surface area contributed by atoms with Gasteiger partial charge in [0.25, 0.3) is 0 Å². The SMILES string of the molecule is COC[C@H](C)Nc1ncc2c(-c3ccnc(OC(C)C)c3)cc([C@H]3CC[C@H](O)CC3)n2n1. The number of nitrogens with one attached hydrogen (secondary N) is 1. The lowest BCUT2D eigenvalue weighted by Gasteiger charge is -2.25. The maximum absolute atomic E-state index is 9.99. The third-order valence-electron chi connectivity index (χ3n) is 5.85. The molecule has 1 fully saturated rings. The van der Waals surface area contributed by atoms with Crippen LogP contribution in [0.4, 0.5) is 5.95 Å². The number of rotatable bonds is 8. The molecule has 4 rings (SSSR count). The maximum atomic E-state index is 9.99. The minimum absolute atomic E-state index is 0.0545. The predicted octanol–water partition coefficient (Wildman–Crippen LogP) is 4.04. The van der Waals surface area contributed by atoms with Gasteiger partial charge in [0.1, 0.15) is 0 Å². The molecule has 2 N–H and O–H groups in total. The second-order valence-corrected chi connectivity index (χ2v) is 8.92. The molecule has 0 saturated heterocycles. The number of nitrogens with zero attached hydrogens (tertiary/aromatic N) is 4. The zero-order valence-electron chi connectivity index (χ0n) is 19.3. The lowest BCUT2D eigenvalue weighted by atomic mass is 9.85. The number of hydrogen-bond acceptors (Lipinski definition) is 7. The summed E-state index contributed by atoms with van der Waals surface area (Å²) in [4.78, 5) is 8.92. The summed E-state index contributed by atoms with van der Waals surface area (Å²) in [6.45, 7) is 6.59. The molecule has 8 heteroatoms. The highest BCUT2D eigenvalue weighted by Crippen LogP contribution is 2.38. The third-order valence-corrected chi connectivity index (χ3v) is 5.85. The quantitative estimate of drug-likeness (QED) is 0.547. The van der Waals surface area contributed by atoms with E-state index in [1.54, 1.807) is 13.3 Å². The van der Waals surface area contributed by atoms with E-state index in [1.807, 2.05) is 43.6 Å². The van der Waals surface area contributed by atoms with Crippen LogP contribution in [-0.2, 0) is 4.74 Å². The first kappa shape index (κ1) is 22.5. The average Bonchev–Trinajstić information content (AvgIpc) is 3.13. The first-order valence-corrected chi connectivity index (χ1v) is 11.4. The second-order valence-electron chi connectivity index (χ2n) is 8.92. The summed E-state index contributed by atoms with van der Waals surface area (Å²) in [6.07, 6.45) is 7.01. The Bertz CT molecular complexity index is 1040. The molecule has 8 nitrogen and oxygen atoms in total. The largest absolute Gasteiger partial charge is 0.475 e. The number of ether oxygens (including phenoxy) is 2. The average molecular weight is 440 g/mol. The zero-order chi connectivity index (χ0) is 22.7. The van der Waals surface area contributed by atoms with Crippen LogP contribution >= 0.6 is 0 Å². The van der Waals surface area contributed by atoms with Gasteiger partial charge < -0.3 is 19.9 Å². The fourth-order valence-corrected chi connectivity index (χ4v) is 4.37. The van der Waals surface area contributed by atoms with Crippen LogP contribution in [-0.4, -0.2) is 56.7 Å². The molecule has 0 radical (unpaired) electrons. The zero-order valence-corrected chi connectivity index (χ0v) is 19.3. The molecule has 0 aromatic carbocycles. The number of aromatic nitrogens is 4. The van der Waals surface area contributed by atoms with Gasteiger partial charge in [-0.3, -0.25) is 0 Å². The van der Waals surface area contributed by atoms with Crippen LogP contribution in [0, 0.1) is 0 Å². The molecule has 0 aliphatic heterocycles. The maximum Gasteiger partial charge on any atom is 0.241 e. The van der Waals surface area contributed by atoms with Gasteiger partial charge in [-0.2, -0.15) is 0 Å². The highest BCUT2D eigenvalue weighted by atomic mass is 16.5. The Balaban J connectivity index is 1.76. The van der Waals surface area contributed by atoms with E-state index in [-0.39, 0.29) is 18.2 Å². The van der Waals surface area contributed by atoms with E-state index in [4.69, 9.17) is 14.6 Å². The van der Waals surface area contributed by atoms with Crippen LogP contribution in [0.2, 0.25) is 0 Å². The van der Waals surface area contributed by atoms with E-state index in [0.717, 1.165) is 48.0 Å².